The van der Waals surface area contributed by atoms with Gasteiger partial charge < -0.3 is 19.5 Å². The smallest absolute Gasteiger partial charge is 0.212 e. The number of nitrogens with zero attached hydrogens (tertiary/aromatic N) is 3. The molecule has 7 nitrogen and oxygen atoms in total. The highest BCUT2D eigenvalue weighted by molar-refractivity contribution is 5.93. The topological polar surface area (TPSA) is 78.4 Å². The number of anilines is 1. The number of methoxy groups -OCH3 is 1. The zero-order chi connectivity index (χ0) is 20.2. The Hall–Kier alpha value is -2.77. The Morgan fingerprint density at radius 3 is 2.48 bits per heavy atom. The molecule has 152 valence electrons. The SMILES string of the molecule is COc1ccc(Cc2nnc(N[C@H]3CO[C@H](C(C)C)OC3)c3ccccc23)cn1. The van der Waals surface area contributed by atoms with E-state index in [0.717, 1.165) is 27.8 Å². The molecule has 0 unspecified atom stereocenters. The van der Waals surface area contributed by atoms with Crippen LogP contribution in [0.25, 0.3) is 10.8 Å². The standard InChI is InChI=1S/C22H26N4O3/c1-14(2)22-28-12-16(13-29-22)24-21-18-7-5-4-6-17(18)19(25-26-21)10-15-8-9-20(27-3)23-11-15/h4-9,11,14,16,22H,10,12-13H2,1-3H3,(H,24,26)/t16-,22-. The number of benzene rings is 1. The van der Waals surface area contributed by atoms with E-state index in [2.05, 4.69) is 46.5 Å². The van der Waals surface area contributed by atoms with Crippen molar-refractivity contribution in [2.45, 2.75) is 32.6 Å². The maximum atomic E-state index is 5.81. The van der Waals surface area contributed by atoms with Gasteiger partial charge in [0.1, 0.15) is 0 Å². The number of fused-ring (bicyclic) bond motifs is 1. The molecule has 3 heterocycles. The minimum atomic E-state index is -0.142. The summed E-state index contributed by atoms with van der Waals surface area (Å²) in [5.74, 6) is 1.68. The monoisotopic (exact) mass is 394 g/mol. The van der Waals surface area contributed by atoms with Crippen molar-refractivity contribution >= 4 is 16.6 Å². The van der Waals surface area contributed by atoms with Crippen molar-refractivity contribution < 1.29 is 14.2 Å². The molecule has 1 aromatic carbocycles. The van der Waals surface area contributed by atoms with Crippen LogP contribution in [0.2, 0.25) is 0 Å². The molecule has 1 aliphatic heterocycles. The lowest BCUT2D eigenvalue weighted by Gasteiger charge is -2.32. The van der Waals surface area contributed by atoms with E-state index in [1.165, 1.54) is 0 Å². The van der Waals surface area contributed by atoms with Crippen LogP contribution in [-0.2, 0) is 15.9 Å². The Balaban J connectivity index is 1.54. The fourth-order valence-electron chi connectivity index (χ4n) is 3.41. The summed E-state index contributed by atoms with van der Waals surface area (Å²) in [4.78, 5) is 4.28. The quantitative estimate of drug-likeness (QED) is 0.686. The van der Waals surface area contributed by atoms with Crippen LogP contribution in [-0.4, -0.2) is 47.8 Å². The van der Waals surface area contributed by atoms with E-state index in [1.54, 1.807) is 7.11 Å². The van der Waals surface area contributed by atoms with Gasteiger partial charge in [0.25, 0.3) is 0 Å². The van der Waals surface area contributed by atoms with Crippen LogP contribution in [0.1, 0.15) is 25.1 Å². The average molecular weight is 394 g/mol. The average Bonchev–Trinajstić information content (AvgIpc) is 2.76. The second kappa shape index (κ2) is 8.71. The Morgan fingerprint density at radius 2 is 1.83 bits per heavy atom. The lowest BCUT2D eigenvalue weighted by atomic mass is 10.1. The maximum Gasteiger partial charge on any atom is 0.212 e. The Bertz CT molecular complexity index is 954. The Morgan fingerprint density at radius 1 is 1.07 bits per heavy atom. The summed E-state index contributed by atoms with van der Waals surface area (Å²) in [6.45, 7) is 5.35. The first-order valence-corrected chi connectivity index (χ1v) is 9.87. The maximum absolute atomic E-state index is 5.81. The van der Waals surface area contributed by atoms with Gasteiger partial charge in [-0.3, -0.25) is 0 Å². The van der Waals surface area contributed by atoms with Crippen molar-refractivity contribution in [2.75, 3.05) is 25.6 Å². The van der Waals surface area contributed by atoms with Crippen LogP contribution in [0.15, 0.2) is 42.6 Å². The van der Waals surface area contributed by atoms with Gasteiger partial charge in [-0.2, -0.15) is 5.10 Å². The van der Waals surface area contributed by atoms with Crippen LogP contribution in [0.4, 0.5) is 5.82 Å². The molecule has 3 aromatic rings. The van der Waals surface area contributed by atoms with E-state index in [1.807, 2.05) is 30.5 Å². The Labute approximate surface area is 170 Å². The third-order valence-corrected chi connectivity index (χ3v) is 4.95. The van der Waals surface area contributed by atoms with Gasteiger partial charge in [-0.25, -0.2) is 4.98 Å². The van der Waals surface area contributed by atoms with Gasteiger partial charge in [-0.15, -0.1) is 5.10 Å². The summed E-state index contributed by atoms with van der Waals surface area (Å²) in [5.41, 5.74) is 1.97. The lowest BCUT2D eigenvalue weighted by molar-refractivity contribution is -0.202. The molecule has 7 heteroatoms. The first-order valence-electron chi connectivity index (χ1n) is 9.87. The molecular formula is C22H26N4O3. The van der Waals surface area contributed by atoms with Crippen molar-refractivity contribution in [3.63, 3.8) is 0 Å². The highest BCUT2D eigenvalue weighted by Gasteiger charge is 2.25. The molecule has 0 amide bonds. The summed E-state index contributed by atoms with van der Waals surface area (Å²) in [7, 11) is 1.61. The second-order valence-electron chi connectivity index (χ2n) is 7.55. The second-order valence-corrected chi connectivity index (χ2v) is 7.55. The number of ether oxygens (including phenoxy) is 3. The highest BCUT2D eigenvalue weighted by Crippen LogP contribution is 2.26. The number of pyridine rings is 1. The fourth-order valence-corrected chi connectivity index (χ4v) is 3.41. The molecule has 29 heavy (non-hydrogen) atoms. The largest absolute Gasteiger partial charge is 0.481 e. The predicted molar refractivity (Wildman–Crippen MR) is 111 cm³/mol. The Kier molecular flexibility index (Phi) is 5.87. The van der Waals surface area contributed by atoms with E-state index in [-0.39, 0.29) is 12.3 Å². The summed E-state index contributed by atoms with van der Waals surface area (Å²) in [6.07, 6.45) is 2.32. The minimum absolute atomic E-state index is 0.0411. The number of nitrogens with one attached hydrogen (secondary N) is 1. The highest BCUT2D eigenvalue weighted by atomic mass is 16.7. The molecule has 0 radical (unpaired) electrons. The third-order valence-electron chi connectivity index (χ3n) is 4.95. The molecule has 0 saturated carbocycles. The van der Waals surface area contributed by atoms with Crippen LogP contribution < -0.4 is 10.1 Å². The van der Waals surface area contributed by atoms with Crippen molar-refractivity contribution in [1.82, 2.24) is 15.2 Å². The number of hydrogen-bond donors (Lipinski definition) is 1. The van der Waals surface area contributed by atoms with Gasteiger partial charge in [0.2, 0.25) is 5.88 Å². The van der Waals surface area contributed by atoms with Crippen molar-refractivity contribution in [2.24, 2.45) is 5.92 Å². The van der Waals surface area contributed by atoms with Crippen LogP contribution in [0, 0.1) is 5.92 Å². The van der Waals surface area contributed by atoms with Gasteiger partial charge in [-0.1, -0.05) is 44.2 Å². The zero-order valence-corrected chi connectivity index (χ0v) is 17.0. The van der Waals surface area contributed by atoms with E-state index < -0.39 is 0 Å². The number of rotatable bonds is 6. The zero-order valence-electron chi connectivity index (χ0n) is 17.0. The molecule has 0 aliphatic carbocycles. The van der Waals surface area contributed by atoms with Gasteiger partial charge in [0, 0.05) is 35.4 Å². The number of aromatic nitrogens is 3. The fraction of sp³-hybridized carbons (Fsp3) is 0.409. The van der Waals surface area contributed by atoms with Crippen LogP contribution in [0.3, 0.4) is 0 Å². The summed E-state index contributed by atoms with van der Waals surface area (Å²) in [6, 6.07) is 12.1. The molecule has 2 aromatic heterocycles. The van der Waals surface area contributed by atoms with E-state index >= 15 is 0 Å². The molecule has 0 spiro atoms. The molecule has 0 atom stereocenters. The first-order chi connectivity index (χ1) is 14.1. The molecule has 1 fully saturated rings. The first kappa shape index (κ1) is 19.5. The summed E-state index contributed by atoms with van der Waals surface area (Å²) < 4.78 is 16.7. The normalized spacial score (nSPS) is 19.4. The van der Waals surface area contributed by atoms with Gasteiger partial charge in [0.15, 0.2) is 12.1 Å². The van der Waals surface area contributed by atoms with Crippen molar-refractivity contribution in [3.8, 4) is 5.88 Å². The summed E-state index contributed by atoms with van der Waals surface area (Å²) in [5, 5.41) is 14.5. The van der Waals surface area contributed by atoms with E-state index in [9.17, 15) is 0 Å². The van der Waals surface area contributed by atoms with E-state index in [4.69, 9.17) is 14.2 Å². The summed E-state index contributed by atoms with van der Waals surface area (Å²) >= 11 is 0. The van der Waals surface area contributed by atoms with Gasteiger partial charge in [0.05, 0.1) is 32.1 Å². The molecule has 0 bridgehead atoms. The van der Waals surface area contributed by atoms with Gasteiger partial charge in [-0.05, 0) is 5.56 Å². The molecule has 1 saturated heterocycles. The van der Waals surface area contributed by atoms with Crippen molar-refractivity contribution in [3.05, 3.63) is 53.9 Å². The van der Waals surface area contributed by atoms with Crippen molar-refractivity contribution in [1.29, 1.82) is 0 Å². The van der Waals surface area contributed by atoms with Crippen LogP contribution in [0.5, 0.6) is 5.88 Å². The molecular weight excluding hydrogens is 368 g/mol. The predicted octanol–water partition coefficient (Wildman–Crippen LogP) is 3.43. The molecule has 1 aliphatic rings. The number of hydrogen-bond acceptors (Lipinski definition) is 7. The molecule has 1 N–H and O–H groups in total. The molecule has 4 rings (SSSR count). The van der Waals surface area contributed by atoms with E-state index in [0.29, 0.717) is 31.4 Å². The minimum Gasteiger partial charge on any atom is -0.481 e. The third kappa shape index (κ3) is 4.46. The van der Waals surface area contributed by atoms with Crippen LogP contribution >= 0.6 is 0 Å². The van der Waals surface area contributed by atoms with Gasteiger partial charge >= 0.3 is 0 Å². The lowest BCUT2D eigenvalue weighted by Crippen LogP contribution is -2.42.